The molecule has 2 aliphatic heterocycles. The van der Waals surface area contributed by atoms with Crippen molar-refractivity contribution in [1.82, 2.24) is 9.80 Å². The predicted molar refractivity (Wildman–Crippen MR) is 143 cm³/mol. The van der Waals surface area contributed by atoms with E-state index >= 15 is 0 Å². The number of amides is 2. The Morgan fingerprint density at radius 3 is 1.95 bits per heavy atom. The van der Waals surface area contributed by atoms with Crippen LogP contribution in [0.25, 0.3) is 0 Å². The highest BCUT2D eigenvalue weighted by atomic mass is 16.4. The first-order valence-corrected chi connectivity index (χ1v) is 13.5. The van der Waals surface area contributed by atoms with E-state index in [0.717, 1.165) is 11.1 Å². The van der Waals surface area contributed by atoms with E-state index in [2.05, 4.69) is 0 Å². The lowest BCUT2D eigenvalue weighted by Crippen LogP contribution is -2.52. The second kappa shape index (κ2) is 12.8. The highest BCUT2D eigenvalue weighted by Gasteiger charge is 2.43. The lowest BCUT2D eigenvalue weighted by Gasteiger charge is -2.32. The number of hydrogen-bond donors (Lipinski definition) is 2. The quantitative estimate of drug-likeness (QED) is 0.471. The fraction of sp³-hybridized carbons (Fsp3) is 0.467. The molecule has 8 nitrogen and oxygen atoms in total. The van der Waals surface area contributed by atoms with Crippen LogP contribution in [0.5, 0.6) is 0 Å². The number of Topliss-reactive ketones (excluding diaryl/α,β-unsaturated/α-hetero) is 1. The third-order valence-corrected chi connectivity index (χ3v) is 7.62. The van der Waals surface area contributed by atoms with Crippen molar-refractivity contribution in [2.24, 2.45) is 11.7 Å². The van der Waals surface area contributed by atoms with Gasteiger partial charge in [0, 0.05) is 37.9 Å². The minimum Gasteiger partial charge on any atom is -0.480 e. The van der Waals surface area contributed by atoms with E-state index in [4.69, 9.17) is 5.73 Å². The summed E-state index contributed by atoms with van der Waals surface area (Å²) in [5.74, 6) is -2.21. The van der Waals surface area contributed by atoms with Crippen molar-refractivity contribution < 1.29 is 24.3 Å². The van der Waals surface area contributed by atoms with Crippen LogP contribution in [-0.2, 0) is 32.0 Å². The number of carbonyl (C=O) groups excluding carboxylic acids is 3. The lowest BCUT2D eigenvalue weighted by molar-refractivity contribution is -0.152. The van der Waals surface area contributed by atoms with E-state index in [1.54, 1.807) is 4.90 Å². The summed E-state index contributed by atoms with van der Waals surface area (Å²) in [6.45, 7) is 0.813. The van der Waals surface area contributed by atoms with Gasteiger partial charge in [0.1, 0.15) is 17.9 Å². The highest BCUT2D eigenvalue weighted by molar-refractivity contribution is 5.93. The predicted octanol–water partition coefficient (Wildman–Crippen LogP) is 2.83. The molecule has 3 N–H and O–H groups in total. The Morgan fingerprint density at radius 2 is 1.34 bits per heavy atom. The number of rotatable bonds is 11. The molecule has 0 radical (unpaired) electrons. The molecule has 2 aromatic rings. The molecule has 38 heavy (non-hydrogen) atoms. The lowest BCUT2D eigenvalue weighted by atomic mass is 9.90. The summed E-state index contributed by atoms with van der Waals surface area (Å²) in [6.07, 6.45) is 3.42. The standard InChI is InChI=1S/C30H37N3O5/c31-24(18-22-11-5-2-6-12-22)20-25(34)19-23(17-21-9-3-1-4-10-21)28(35)32-15-7-13-26(32)29(36)33-16-8-14-27(33)30(37)38/h1-6,9-12,23-24,26-27H,7-8,13-20,31H2,(H,37,38)/t23-,24+,26+,27-/m1/s1. The van der Waals surface area contributed by atoms with E-state index in [-0.39, 0.29) is 36.5 Å². The summed E-state index contributed by atoms with van der Waals surface area (Å²) >= 11 is 0. The molecule has 2 heterocycles. The maximum absolute atomic E-state index is 13.9. The molecule has 4 atom stereocenters. The van der Waals surface area contributed by atoms with Crippen LogP contribution in [0, 0.1) is 5.92 Å². The van der Waals surface area contributed by atoms with Gasteiger partial charge < -0.3 is 20.6 Å². The van der Waals surface area contributed by atoms with E-state index < -0.39 is 24.0 Å². The fourth-order valence-corrected chi connectivity index (χ4v) is 5.79. The molecule has 2 saturated heterocycles. The zero-order valence-electron chi connectivity index (χ0n) is 21.7. The Labute approximate surface area is 223 Å². The molecular formula is C30H37N3O5. The van der Waals surface area contributed by atoms with Gasteiger partial charge in [0.15, 0.2) is 0 Å². The monoisotopic (exact) mass is 519 g/mol. The number of aliphatic carboxylic acids is 1. The average molecular weight is 520 g/mol. The van der Waals surface area contributed by atoms with Crippen molar-refractivity contribution in [3.8, 4) is 0 Å². The number of likely N-dealkylation sites (tertiary alicyclic amines) is 2. The summed E-state index contributed by atoms with van der Waals surface area (Å²) in [7, 11) is 0. The third kappa shape index (κ3) is 6.86. The van der Waals surface area contributed by atoms with Gasteiger partial charge in [-0.2, -0.15) is 0 Å². The molecule has 2 fully saturated rings. The average Bonchev–Trinajstić information content (AvgIpc) is 3.59. The van der Waals surface area contributed by atoms with Gasteiger partial charge in [0.05, 0.1) is 0 Å². The minimum atomic E-state index is -1.01. The maximum Gasteiger partial charge on any atom is 0.326 e. The summed E-state index contributed by atoms with van der Waals surface area (Å²) in [5, 5.41) is 9.54. The summed E-state index contributed by atoms with van der Waals surface area (Å²) in [5.41, 5.74) is 8.29. The Hall–Kier alpha value is -3.52. The molecule has 4 rings (SSSR count). The van der Waals surface area contributed by atoms with Gasteiger partial charge in [-0.15, -0.1) is 0 Å². The van der Waals surface area contributed by atoms with Crippen LogP contribution in [0.4, 0.5) is 0 Å². The molecule has 0 aromatic heterocycles. The second-order valence-corrected chi connectivity index (χ2v) is 10.5. The first-order valence-electron chi connectivity index (χ1n) is 13.5. The van der Waals surface area contributed by atoms with E-state index in [1.807, 2.05) is 60.7 Å². The molecule has 8 heteroatoms. The van der Waals surface area contributed by atoms with Crippen LogP contribution in [0.15, 0.2) is 60.7 Å². The summed E-state index contributed by atoms with van der Waals surface area (Å²) < 4.78 is 0. The van der Waals surface area contributed by atoms with Crippen LogP contribution < -0.4 is 5.73 Å². The summed E-state index contributed by atoms with van der Waals surface area (Å²) in [4.78, 5) is 55.0. The number of carboxylic acids is 1. The number of carboxylic acid groups (broad SMARTS) is 1. The van der Waals surface area contributed by atoms with Crippen LogP contribution in [-0.4, -0.2) is 69.7 Å². The van der Waals surface area contributed by atoms with Crippen LogP contribution in [0.1, 0.15) is 49.7 Å². The van der Waals surface area contributed by atoms with Gasteiger partial charge in [-0.1, -0.05) is 60.7 Å². The van der Waals surface area contributed by atoms with Gasteiger partial charge in [-0.25, -0.2) is 4.79 Å². The van der Waals surface area contributed by atoms with Crippen molar-refractivity contribution >= 4 is 23.6 Å². The molecular weight excluding hydrogens is 482 g/mol. The molecule has 0 aliphatic carbocycles. The largest absolute Gasteiger partial charge is 0.480 e. The summed E-state index contributed by atoms with van der Waals surface area (Å²) in [6, 6.07) is 17.5. The Kier molecular flexibility index (Phi) is 9.29. The van der Waals surface area contributed by atoms with Crippen LogP contribution in [0.2, 0.25) is 0 Å². The van der Waals surface area contributed by atoms with Crippen molar-refractivity contribution in [3.63, 3.8) is 0 Å². The molecule has 0 saturated carbocycles. The Morgan fingerprint density at radius 1 is 0.789 bits per heavy atom. The molecule has 2 aromatic carbocycles. The SMILES string of the molecule is N[C@H](CC(=O)C[C@@H](Cc1ccccc1)C(=O)N1CCC[C@H]1C(=O)N1CCC[C@@H]1C(=O)O)Cc1ccccc1. The first kappa shape index (κ1) is 27.5. The molecule has 0 unspecified atom stereocenters. The Balaban J connectivity index is 1.46. The smallest absolute Gasteiger partial charge is 0.326 e. The topological polar surface area (TPSA) is 121 Å². The van der Waals surface area contributed by atoms with E-state index in [1.165, 1.54) is 4.90 Å². The van der Waals surface area contributed by atoms with Gasteiger partial charge in [0.2, 0.25) is 11.8 Å². The fourth-order valence-electron chi connectivity index (χ4n) is 5.79. The van der Waals surface area contributed by atoms with E-state index in [9.17, 15) is 24.3 Å². The van der Waals surface area contributed by atoms with Gasteiger partial charge in [0.25, 0.3) is 0 Å². The minimum absolute atomic E-state index is 0.0507. The van der Waals surface area contributed by atoms with Crippen LogP contribution >= 0.6 is 0 Å². The second-order valence-electron chi connectivity index (χ2n) is 10.5. The van der Waals surface area contributed by atoms with Crippen molar-refractivity contribution in [3.05, 3.63) is 71.8 Å². The molecule has 2 amide bonds. The number of ketones is 1. The Bertz CT molecular complexity index is 1120. The number of hydrogen-bond acceptors (Lipinski definition) is 5. The van der Waals surface area contributed by atoms with E-state index in [0.29, 0.717) is 51.6 Å². The van der Waals surface area contributed by atoms with Crippen LogP contribution in [0.3, 0.4) is 0 Å². The maximum atomic E-state index is 13.9. The third-order valence-electron chi connectivity index (χ3n) is 7.62. The van der Waals surface area contributed by atoms with Crippen molar-refractivity contribution in [2.45, 2.75) is 69.5 Å². The van der Waals surface area contributed by atoms with Gasteiger partial charge >= 0.3 is 5.97 Å². The molecule has 202 valence electrons. The zero-order valence-corrected chi connectivity index (χ0v) is 21.7. The van der Waals surface area contributed by atoms with Crippen molar-refractivity contribution in [1.29, 1.82) is 0 Å². The normalized spacial score (nSPS) is 20.8. The molecule has 0 bridgehead atoms. The van der Waals surface area contributed by atoms with Gasteiger partial charge in [-0.3, -0.25) is 14.4 Å². The van der Waals surface area contributed by atoms with Crippen molar-refractivity contribution in [2.75, 3.05) is 13.1 Å². The molecule has 0 spiro atoms. The number of nitrogens with zero attached hydrogens (tertiary/aromatic N) is 2. The molecule has 2 aliphatic rings. The number of benzene rings is 2. The highest BCUT2D eigenvalue weighted by Crippen LogP contribution is 2.28. The first-order chi connectivity index (χ1) is 18.3. The zero-order chi connectivity index (χ0) is 27.1. The number of carbonyl (C=O) groups is 4. The number of nitrogens with two attached hydrogens (primary N) is 1. The van der Waals surface area contributed by atoms with Gasteiger partial charge in [-0.05, 0) is 49.7 Å².